The molecule has 0 bridgehead atoms. The lowest BCUT2D eigenvalue weighted by Crippen LogP contribution is -2.30. The Labute approximate surface area is 123 Å². The number of nitrogens with zero attached hydrogens (tertiary/aromatic N) is 2. The van der Waals surface area contributed by atoms with Gasteiger partial charge in [-0.1, -0.05) is 48.5 Å². The first-order valence-electron chi connectivity index (χ1n) is 6.99. The van der Waals surface area contributed by atoms with E-state index in [1.807, 2.05) is 25.2 Å². The Morgan fingerprint density at radius 3 is 2.43 bits per heavy atom. The van der Waals surface area contributed by atoms with E-state index >= 15 is 0 Å². The van der Waals surface area contributed by atoms with E-state index in [0.29, 0.717) is 0 Å². The third-order valence-corrected chi connectivity index (χ3v) is 3.89. The van der Waals surface area contributed by atoms with Gasteiger partial charge in [0.25, 0.3) is 0 Å². The summed E-state index contributed by atoms with van der Waals surface area (Å²) in [5.74, 6) is 0.936. The maximum Gasteiger partial charge on any atom is 0.161 e. The van der Waals surface area contributed by atoms with Crippen LogP contribution in [0.1, 0.15) is 5.56 Å². The Morgan fingerprint density at radius 2 is 1.62 bits per heavy atom. The quantitative estimate of drug-likeness (QED) is 0.724. The van der Waals surface area contributed by atoms with E-state index in [1.165, 1.54) is 10.8 Å². The SMILES string of the molecule is CN(C1=NNc2cccc3cccc1c23)c1ccccc1. The van der Waals surface area contributed by atoms with Crippen molar-refractivity contribution in [3.63, 3.8) is 0 Å². The minimum Gasteiger partial charge on any atom is -0.328 e. The van der Waals surface area contributed by atoms with E-state index in [1.54, 1.807) is 0 Å². The van der Waals surface area contributed by atoms with Crippen molar-refractivity contribution in [3.8, 4) is 0 Å². The van der Waals surface area contributed by atoms with E-state index in [0.717, 1.165) is 22.8 Å². The van der Waals surface area contributed by atoms with Crippen LogP contribution in [0.15, 0.2) is 71.8 Å². The second-order valence-corrected chi connectivity index (χ2v) is 5.15. The Bertz CT molecular complexity index is 832. The maximum atomic E-state index is 4.56. The molecule has 1 N–H and O–H groups in total. The lowest BCUT2D eigenvalue weighted by Gasteiger charge is -2.26. The predicted octanol–water partition coefficient (Wildman–Crippen LogP) is 4.06. The van der Waals surface area contributed by atoms with Crippen LogP contribution in [0.5, 0.6) is 0 Å². The van der Waals surface area contributed by atoms with Gasteiger partial charge >= 0.3 is 0 Å². The van der Waals surface area contributed by atoms with Gasteiger partial charge < -0.3 is 4.90 Å². The molecule has 0 atom stereocenters. The number of para-hydroxylation sites is 1. The fourth-order valence-electron chi connectivity index (χ4n) is 2.82. The molecule has 1 heterocycles. The molecule has 0 amide bonds. The third kappa shape index (κ3) is 1.86. The van der Waals surface area contributed by atoms with Crippen molar-refractivity contribution in [3.05, 3.63) is 72.3 Å². The first kappa shape index (κ1) is 12.0. The van der Waals surface area contributed by atoms with Gasteiger partial charge in [0.2, 0.25) is 0 Å². The summed E-state index contributed by atoms with van der Waals surface area (Å²) in [4.78, 5) is 2.11. The zero-order valence-corrected chi connectivity index (χ0v) is 11.7. The van der Waals surface area contributed by atoms with Crippen LogP contribution in [0.4, 0.5) is 11.4 Å². The van der Waals surface area contributed by atoms with Crippen molar-refractivity contribution < 1.29 is 0 Å². The molecule has 102 valence electrons. The Hall–Kier alpha value is -2.81. The highest BCUT2D eigenvalue weighted by atomic mass is 15.4. The van der Waals surface area contributed by atoms with E-state index in [-0.39, 0.29) is 0 Å². The lowest BCUT2D eigenvalue weighted by atomic mass is 10.0. The van der Waals surface area contributed by atoms with E-state index in [9.17, 15) is 0 Å². The van der Waals surface area contributed by atoms with Crippen molar-refractivity contribution in [2.24, 2.45) is 5.10 Å². The highest BCUT2D eigenvalue weighted by Gasteiger charge is 2.19. The van der Waals surface area contributed by atoms with Crippen LogP contribution >= 0.6 is 0 Å². The van der Waals surface area contributed by atoms with Crippen LogP contribution in [0, 0.1) is 0 Å². The van der Waals surface area contributed by atoms with E-state index < -0.39 is 0 Å². The van der Waals surface area contributed by atoms with E-state index in [2.05, 4.69) is 64.0 Å². The molecule has 3 aromatic rings. The van der Waals surface area contributed by atoms with Crippen molar-refractivity contribution in [1.29, 1.82) is 0 Å². The molecular weight excluding hydrogens is 258 g/mol. The molecule has 0 aliphatic carbocycles. The normalized spacial score (nSPS) is 12.7. The van der Waals surface area contributed by atoms with Crippen LogP contribution in [0.2, 0.25) is 0 Å². The minimum atomic E-state index is 0.936. The molecule has 0 aromatic heterocycles. The van der Waals surface area contributed by atoms with Crippen LogP contribution in [0.3, 0.4) is 0 Å². The molecule has 0 saturated carbocycles. The van der Waals surface area contributed by atoms with Gasteiger partial charge in [0.1, 0.15) is 0 Å². The van der Waals surface area contributed by atoms with Crippen LogP contribution in [0.25, 0.3) is 10.8 Å². The number of hydrogen-bond acceptors (Lipinski definition) is 3. The molecule has 0 fully saturated rings. The van der Waals surface area contributed by atoms with Gasteiger partial charge in [-0.05, 0) is 23.6 Å². The van der Waals surface area contributed by atoms with Gasteiger partial charge in [0, 0.05) is 23.7 Å². The van der Waals surface area contributed by atoms with Gasteiger partial charge in [0.15, 0.2) is 5.84 Å². The average molecular weight is 273 g/mol. The number of anilines is 2. The molecule has 0 spiro atoms. The Balaban J connectivity index is 1.88. The van der Waals surface area contributed by atoms with Gasteiger partial charge in [0.05, 0.1) is 5.69 Å². The predicted molar refractivity (Wildman–Crippen MR) is 89.0 cm³/mol. The van der Waals surface area contributed by atoms with Crippen molar-refractivity contribution in [2.75, 3.05) is 17.4 Å². The molecular formula is C18H15N3. The summed E-state index contributed by atoms with van der Waals surface area (Å²) in [6.45, 7) is 0. The van der Waals surface area contributed by atoms with Crippen molar-refractivity contribution >= 4 is 28.0 Å². The second kappa shape index (κ2) is 4.63. The number of nitrogens with one attached hydrogen (secondary N) is 1. The molecule has 3 nitrogen and oxygen atoms in total. The zero-order valence-electron chi connectivity index (χ0n) is 11.7. The fraction of sp³-hybridized carbons (Fsp3) is 0.0556. The van der Waals surface area contributed by atoms with Gasteiger partial charge in [-0.25, -0.2) is 0 Å². The number of hydrazone groups is 1. The average Bonchev–Trinajstić information content (AvgIpc) is 2.56. The fourth-order valence-corrected chi connectivity index (χ4v) is 2.82. The first-order chi connectivity index (χ1) is 10.3. The summed E-state index contributed by atoms with van der Waals surface area (Å²) in [5, 5.41) is 7.02. The molecule has 0 unspecified atom stereocenters. The zero-order chi connectivity index (χ0) is 14.2. The Morgan fingerprint density at radius 1 is 0.857 bits per heavy atom. The van der Waals surface area contributed by atoms with Gasteiger partial charge in [-0.2, -0.15) is 5.10 Å². The number of benzene rings is 3. The summed E-state index contributed by atoms with van der Waals surface area (Å²) in [6.07, 6.45) is 0. The molecule has 3 heteroatoms. The summed E-state index contributed by atoms with van der Waals surface area (Å²) in [6, 6.07) is 22.9. The van der Waals surface area contributed by atoms with Crippen LogP contribution in [-0.2, 0) is 0 Å². The molecule has 4 rings (SSSR count). The first-order valence-corrected chi connectivity index (χ1v) is 6.99. The summed E-state index contributed by atoms with van der Waals surface area (Å²) >= 11 is 0. The molecule has 0 saturated heterocycles. The standard InChI is InChI=1S/C18H15N3/c1-21(14-9-3-2-4-10-14)18-15-11-5-7-13-8-6-12-16(17(13)15)19-20-18/h2-12,19H,1H3. The van der Waals surface area contributed by atoms with E-state index in [4.69, 9.17) is 0 Å². The Kier molecular flexibility index (Phi) is 2.64. The smallest absolute Gasteiger partial charge is 0.161 e. The molecule has 0 radical (unpaired) electrons. The van der Waals surface area contributed by atoms with Gasteiger partial charge in [-0.15, -0.1) is 0 Å². The molecule has 1 aliphatic heterocycles. The third-order valence-electron chi connectivity index (χ3n) is 3.89. The van der Waals surface area contributed by atoms with Gasteiger partial charge in [-0.3, -0.25) is 5.43 Å². The second-order valence-electron chi connectivity index (χ2n) is 5.15. The lowest BCUT2D eigenvalue weighted by molar-refractivity contribution is 1.20. The minimum absolute atomic E-state index is 0.936. The van der Waals surface area contributed by atoms with Crippen LogP contribution < -0.4 is 10.3 Å². The number of amidine groups is 1. The summed E-state index contributed by atoms with van der Waals surface area (Å²) < 4.78 is 0. The topological polar surface area (TPSA) is 27.6 Å². The highest BCUT2D eigenvalue weighted by Crippen LogP contribution is 2.31. The van der Waals surface area contributed by atoms with Crippen LogP contribution in [-0.4, -0.2) is 12.9 Å². The largest absolute Gasteiger partial charge is 0.328 e. The molecule has 1 aliphatic rings. The molecule has 21 heavy (non-hydrogen) atoms. The van der Waals surface area contributed by atoms with Crippen molar-refractivity contribution in [1.82, 2.24) is 0 Å². The van der Waals surface area contributed by atoms with Crippen molar-refractivity contribution in [2.45, 2.75) is 0 Å². The number of hydrogen-bond donors (Lipinski definition) is 1. The summed E-state index contributed by atoms with van der Waals surface area (Å²) in [7, 11) is 2.04. The monoisotopic (exact) mass is 273 g/mol. The highest BCUT2D eigenvalue weighted by molar-refractivity contribution is 6.21. The maximum absolute atomic E-state index is 4.56. The number of rotatable bonds is 1. The summed E-state index contributed by atoms with van der Waals surface area (Å²) in [5.41, 5.74) is 6.52. The molecule has 3 aromatic carbocycles.